The van der Waals surface area contributed by atoms with E-state index >= 15 is 0 Å². The van der Waals surface area contributed by atoms with Crippen LogP contribution in [0.25, 0.3) is 11.9 Å². The molecule has 0 bridgehead atoms. The van der Waals surface area contributed by atoms with Crippen LogP contribution in [0, 0.1) is 0 Å². The molecular weight excluding hydrogens is 450 g/mol. The first-order valence-electron chi connectivity index (χ1n) is 8.60. The summed E-state index contributed by atoms with van der Waals surface area (Å²) in [6.45, 7) is 2.44. The lowest BCUT2D eigenvalue weighted by Gasteiger charge is -2.18. The first-order chi connectivity index (χ1) is 13.9. The lowest BCUT2D eigenvalue weighted by atomic mass is 10.2. The van der Waals surface area contributed by atoms with Gasteiger partial charge in [-0.15, -0.1) is 0 Å². The third-order valence-corrected chi connectivity index (χ3v) is 4.36. The van der Waals surface area contributed by atoms with E-state index in [1.54, 1.807) is 17.3 Å². The van der Waals surface area contributed by atoms with Crippen LogP contribution in [0.5, 0.6) is 0 Å². The number of hydrogen-bond donors (Lipinski definition) is 0. The number of rotatable bonds is 6. The van der Waals surface area contributed by atoms with Gasteiger partial charge in [0, 0.05) is 32.0 Å². The standard InChI is InChI=1S/C17H18BrN5O6/c1-10(24)27-7-14-13(28-11(2)25)5-15(29-14)22-6-12(3-4-18)16(21-17(22)26)23-9-19-8-20-23/h3-4,6,8-9,13-15H,5,7H2,1-2H3/b4-3+. The third-order valence-electron chi connectivity index (χ3n) is 4.10. The molecule has 2 aromatic rings. The van der Waals surface area contributed by atoms with Gasteiger partial charge in [-0.1, -0.05) is 15.9 Å². The highest BCUT2D eigenvalue weighted by atomic mass is 79.9. The second-order valence-corrected chi connectivity index (χ2v) is 6.69. The molecule has 1 aliphatic heterocycles. The normalized spacial score (nSPS) is 21.4. The van der Waals surface area contributed by atoms with Gasteiger partial charge in [-0.05, 0) is 11.1 Å². The maximum atomic E-state index is 12.7. The Kier molecular flexibility index (Phi) is 6.54. The first kappa shape index (κ1) is 20.9. The number of halogens is 1. The van der Waals surface area contributed by atoms with Crippen LogP contribution in [0.2, 0.25) is 0 Å². The molecule has 12 heteroatoms. The SMILES string of the molecule is CC(=O)OCC1OC(n2cc(/C=C/Br)c(-n3cncn3)nc2=O)CC1OC(C)=O. The van der Waals surface area contributed by atoms with Crippen LogP contribution in [0.4, 0.5) is 0 Å². The van der Waals surface area contributed by atoms with Crippen molar-refractivity contribution in [1.29, 1.82) is 0 Å². The zero-order valence-electron chi connectivity index (χ0n) is 15.6. The lowest BCUT2D eigenvalue weighted by molar-refractivity contribution is -0.155. The van der Waals surface area contributed by atoms with E-state index in [2.05, 4.69) is 31.0 Å². The van der Waals surface area contributed by atoms with Crippen molar-refractivity contribution < 1.29 is 23.8 Å². The number of esters is 2. The number of carbonyl (C=O) groups excluding carboxylic acids is 2. The van der Waals surface area contributed by atoms with Crippen LogP contribution in [-0.4, -0.2) is 55.1 Å². The summed E-state index contributed by atoms with van der Waals surface area (Å²) in [5.41, 5.74) is -0.00928. The van der Waals surface area contributed by atoms with Gasteiger partial charge in [0.15, 0.2) is 5.82 Å². The van der Waals surface area contributed by atoms with Gasteiger partial charge in [0.25, 0.3) is 0 Å². The van der Waals surface area contributed by atoms with Crippen molar-refractivity contribution in [3.8, 4) is 5.82 Å². The largest absolute Gasteiger partial charge is 0.463 e. The van der Waals surface area contributed by atoms with E-state index < -0.39 is 36.1 Å². The minimum Gasteiger partial charge on any atom is -0.463 e. The fraction of sp³-hybridized carbons (Fsp3) is 0.412. The molecule has 0 radical (unpaired) electrons. The molecule has 2 aromatic heterocycles. The smallest absolute Gasteiger partial charge is 0.351 e. The topological polar surface area (TPSA) is 127 Å². The minimum atomic E-state index is -0.757. The second-order valence-electron chi connectivity index (χ2n) is 6.16. The Labute approximate surface area is 173 Å². The van der Waals surface area contributed by atoms with E-state index in [4.69, 9.17) is 14.2 Å². The molecule has 29 heavy (non-hydrogen) atoms. The van der Waals surface area contributed by atoms with Crippen LogP contribution in [0.1, 0.15) is 32.1 Å². The van der Waals surface area contributed by atoms with Crippen LogP contribution >= 0.6 is 15.9 Å². The quantitative estimate of drug-likeness (QED) is 0.570. The molecule has 0 spiro atoms. The molecule has 1 saturated heterocycles. The predicted octanol–water partition coefficient (Wildman–Crippen LogP) is 0.972. The summed E-state index contributed by atoms with van der Waals surface area (Å²) in [4.78, 5) is 44.8. The summed E-state index contributed by atoms with van der Waals surface area (Å²) in [5, 5.41) is 4.00. The lowest BCUT2D eigenvalue weighted by Crippen LogP contribution is -2.31. The molecule has 1 aliphatic rings. The van der Waals surface area contributed by atoms with Crippen molar-refractivity contribution in [3.63, 3.8) is 0 Å². The summed E-state index contributed by atoms with van der Waals surface area (Å²) >= 11 is 3.21. The Hall–Kier alpha value is -2.86. The Morgan fingerprint density at radius 3 is 2.79 bits per heavy atom. The van der Waals surface area contributed by atoms with E-state index in [9.17, 15) is 14.4 Å². The van der Waals surface area contributed by atoms with Gasteiger partial charge in [0.1, 0.15) is 37.7 Å². The Balaban J connectivity index is 1.92. The van der Waals surface area contributed by atoms with Crippen molar-refractivity contribution in [2.24, 2.45) is 0 Å². The highest BCUT2D eigenvalue weighted by Crippen LogP contribution is 2.31. The van der Waals surface area contributed by atoms with Gasteiger partial charge in [0.05, 0.1) is 0 Å². The summed E-state index contributed by atoms with van der Waals surface area (Å²) < 4.78 is 18.8. The summed E-state index contributed by atoms with van der Waals surface area (Å²) in [6, 6.07) is 0. The van der Waals surface area contributed by atoms with Gasteiger partial charge in [0.2, 0.25) is 0 Å². The van der Waals surface area contributed by atoms with Gasteiger partial charge >= 0.3 is 17.6 Å². The molecule has 0 aromatic carbocycles. The predicted molar refractivity (Wildman–Crippen MR) is 102 cm³/mol. The highest BCUT2D eigenvalue weighted by molar-refractivity contribution is 9.11. The summed E-state index contributed by atoms with van der Waals surface area (Å²) in [5.74, 6) is -0.688. The molecule has 0 amide bonds. The number of hydrogen-bond acceptors (Lipinski definition) is 9. The molecule has 3 unspecified atom stereocenters. The Morgan fingerprint density at radius 2 is 2.17 bits per heavy atom. The van der Waals surface area contributed by atoms with Crippen LogP contribution in [0.15, 0.2) is 28.6 Å². The van der Waals surface area contributed by atoms with Crippen LogP contribution < -0.4 is 5.69 Å². The van der Waals surface area contributed by atoms with E-state index in [1.165, 1.54) is 35.8 Å². The van der Waals surface area contributed by atoms with Gasteiger partial charge < -0.3 is 14.2 Å². The second kappa shape index (κ2) is 9.09. The van der Waals surface area contributed by atoms with Crippen molar-refractivity contribution in [2.45, 2.75) is 38.7 Å². The molecule has 11 nitrogen and oxygen atoms in total. The minimum absolute atomic E-state index is 0.100. The molecule has 3 rings (SSSR count). The van der Waals surface area contributed by atoms with Gasteiger partial charge in [-0.3, -0.25) is 14.2 Å². The van der Waals surface area contributed by atoms with Crippen molar-refractivity contribution in [2.75, 3.05) is 6.61 Å². The fourth-order valence-electron chi connectivity index (χ4n) is 2.93. The molecule has 0 saturated carbocycles. The number of ether oxygens (including phenoxy) is 3. The first-order valence-corrected chi connectivity index (χ1v) is 9.51. The molecular formula is C17H18BrN5O6. The van der Waals surface area contributed by atoms with Crippen LogP contribution in [0.3, 0.4) is 0 Å². The van der Waals surface area contributed by atoms with Crippen LogP contribution in [-0.2, 0) is 23.8 Å². The molecule has 154 valence electrons. The average Bonchev–Trinajstić information content (AvgIpc) is 3.31. The van der Waals surface area contributed by atoms with E-state index in [0.717, 1.165) is 0 Å². The molecule has 3 atom stereocenters. The molecule has 1 fully saturated rings. The molecule has 3 heterocycles. The van der Waals surface area contributed by atoms with Crippen molar-refractivity contribution >= 4 is 33.9 Å². The van der Waals surface area contributed by atoms with Gasteiger partial charge in [-0.2, -0.15) is 10.1 Å². The maximum Gasteiger partial charge on any atom is 0.351 e. The zero-order chi connectivity index (χ0) is 21.0. The Morgan fingerprint density at radius 1 is 1.38 bits per heavy atom. The number of aromatic nitrogens is 5. The molecule has 0 N–H and O–H groups in total. The monoisotopic (exact) mass is 467 g/mol. The zero-order valence-corrected chi connectivity index (χ0v) is 17.2. The number of carbonyl (C=O) groups is 2. The average molecular weight is 468 g/mol. The summed E-state index contributed by atoms with van der Waals surface area (Å²) in [6.07, 6.45) is 4.08. The van der Waals surface area contributed by atoms with Gasteiger partial charge in [-0.25, -0.2) is 14.5 Å². The van der Waals surface area contributed by atoms with Crippen molar-refractivity contribution in [3.05, 3.63) is 39.9 Å². The molecule has 0 aliphatic carbocycles. The Bertz CT molecular complexity index is 973. The highest BCUT2D eigenvalue weighted by Gasteiger charge is 2.39. The van der Waals surface area contributed by atoms with Crippen molar-refractivity contribution in [1.82, 2.24) is 24.3 Å². The van der Waals surface area contributed by atoms with E-state index in [1.807, 2.05) is 0 Å². The third kappa shape index (κ3) is 4.95. The maximum absolute atomic E-state index is 12.7. The fourth-order valence-corrected chi connectivity index (χ4v) is 3.21. The summed E-state index contributed by atoms with van der Waals surface area (Å²) in [7, 11) is 0. The van der Waals surface area contributed by atoms with E-state index in [0.29, 0.717) is 11.4 Å². The van der Waals surface area contributed by atoms with E-state index in [-0.39, 0.29) is 13.0 Å². The number of nitrogens with zero attached hydrogens (tertiary/aromatic N) is 5.